The van der Waals surface area contributed by atoms with Crippen LogP contribution < -0.4 is 0 Å². The molecule has 3 rings (SSSR count). The molecule has 5 heteroatoms. The topological polar surface area (TPSA) is 35.6 Å². The zero-order chi connectivity index (χ0) is 11.1. The maximum atomic E-state index is 4.13. The predicted octanol–water partition coefficient (Wildman–Crippen LogP) is 2.36. The number of aryl methyl sites for hydroxylation is 1. The Balaban J connectivity index is 2.27. The summed E-state index contributed by atoms with van der Waals surface area (Å²) in [6.07, 6.45) is 5.48. The van der Waals surface area contributed by atoms with Gasteiger partial charge in [0.05, 0.1) is 18.1 Å². The quantitative estimate of drug-likeness (QED) is 0.644. The van der Waals surface area contributed by atoms with Crippen LogP contribution in [0.2, 0.25) is 0 Å². The van der Waals surface area contributed by atoms with Gasteiger partial charge in [0.1, 0.15) is 0 Å². The molecule has 0 atom stereocenters. The second-order valence-corrected chi connectivity index (χ2v) is 4.77. The number of nitrogens with zero attached hydrogens (tertiary/aromatic N) is 4. The van der Waals surface area contributed by atoms with Gasteiger partial charge in [-0.25, -0.2) is 0 Å². The lowest BCUT2D eigenvalue weighted by molar-refractivity contribution is 0.753. The molecule has 16 heavy (non-hydrogen) atoms. The van der Waals surface area contributed by atoms with Crippen molar-refractivity contribution in [3.63, 3.8) is 0 Å². The van der Waals surface area contributed by atoms with E-state index in [9.17, 15) is 0 Å². The summed E-state index contributed by atoms with van der Waals surface area (Å²) in [6.45, 7) is 0. The van der Waals surface area contributed by atoms with E-state index in [0.29, 0.717) is 0 Å². The Hall–Kier alpha value is -1.37. The van der Waals surface area contributed by atoms with E-state index in [4.69, 9.17) is 0 Å². The maximum Gasteiger partial charge on any atom is 0.0864 e. The summed E-state index contributed by atoms with van der Waals surface area (Å²) in [5.41, 5.74) is 2.21. The number of hydrogen-bond donors (Lipinski definition) is 0. The minimum absolute atomic E-state index is 0.988. The molecule has 80 valence electrons. The molecule has 0 aliphatic carbocycles. The van der Waals surface area contributed by atoms with Gasteiger partial charge in [-0.3, -0.25) is 0 Å². The Morgan fingerprint density at radius 3 is 2.69 bits per heavy atom. The number of benzene rings is 1. The first-order valence-electron chi connectivity index (χ1n) is 4.87. The third kappa shape index (κ3) is 1.42. The summed E-state index contributed by atoms with van der Waals surface area (Å²) < 4.78 is 3.36. The Morgan fingerprint density at radius 1 is 1.19 bits per heavy atom. The van der Waals surface area contributed by atoms with Crippen LogP contribution in [-0.4, -0.2) is 19.6 Å². The molecule has 2 aromatic heterocycles. The van der Waals surface area contributed by atoms with Crippen LogP contribution in [0.1, 0.15) is 0 Å². The van der Waals surface area contributed by atoms with Crippen molar-refractivity contribution in [3.8, 4) is 5.69 Å². The average molecular weight is 324 g/mol. The van der Waals surface area contributed by atoms with Gasteiger partial charge >= 0.3 is 0 Å². The van der Waals surface area contributed by atoms with Gasteiger partial charge in [-0.15, -0.1) is 0 Å². The summed E-state index contributed by atoms with van der Waals surface area (Å²) >= 11 is 2.34. The van der Waals surface area contributed by atoms with Gasteiger partial charge in [0, 0.05) is 27.7 Å². The molecule has 0 saturated heterocycles. The molecular formula is C11H9IN4. The smallest absolute Gasteiger partial charge is 0.0864 e. The van der Waals surface area contributed by atoms with Gasteiger partial charge in [-0.1, -0.05) is 0 Å². The van der Waals surface area contributed by atoms with Gasteiger partial charge < -0.3 is 4.57 Å². The molecule has 0 spiro atoms. The molecule has 3 aromatic rings. The highest BCUT2D eigenvalue weighted by atomic mass is 127. The first-order valence-corrected chi connectivity index (χ1v) is 5.95. The molecular weight excluding hydrogens is 315 g/mol. The largest absolute Gasteiger partial charge is 0.349 e. The predicted molar refractivity (Wildman–Crippen MR) is 70.6 cm³/mol. The first-order chi connectivity index (χ1) is 7.75. The molecule has 0 unspecified atom stereocenters. The van der Waals surface area contributed by atoms with E-state index in [1.807, 2.05) is 6.07 Å². The summed E-state index contributed by atoms with van der Waals surface area (Å²) in [6, 6.07) is 6.23. The summed E-state index contributed by atoms with van der Waals surface area (Å²) in [4.78, 5) is 1.63. The van der Waals surface area contributed by atoms with E-state index in [0.717, 1.165) is 5.69 Å². The Kier molecular flexibility index (Phi) is 2.20. The highest BCUT2D eigenvalue weighted by molar-refractivity contribution is 14.1. The van der Waals surface area contributed by atoms with Crippen molar-refractivity contribution in [2.24, 2.45) is 7.05 Å². The van der Waals surface area contributed by atoms with E-state index >= 15 is 0 Å². The Bertz CT molecular complexity index is 639. The molecule has 0 aliphatic heterocycles. The second kappa shape index (κ2) is 3.58. The number of aromatic nitrogens is 4. The third-order valence-electron chi connectivity index (χ3n) is 2.57. The van der Waals surface area contributed by atoms with Crippen molar-refractivity contribution in [2.45, 2.75) is 0 Å². The van der Waals surface area contributed by atoms with Crippen molar-refractivity contribution in [3.05, 3.63) is 40.4 Å². The monoisotopic (exact) mass is 324 g/mol. The van der Waals surface area contributed by atoms with Crippen LogP contribution in [0.25, 0.3) is 16.6 Å². The van der Waals surface area contributed by atoms with E-state index in [1.165, 1.54) is 14.5 Å². The Morgan fingerprint density at radius 2 is 1.94 bits per heavy atom. The van der Waals surface area contributed by atoms with Crippen LogP contribution in [0.3, 0.4) is 0 Å². The lowest BCUT2D eigenvalue weighted by Crippen LogP contribution is -1.97. The first kappa shape index (κ1) is 9.83. The minimum Gasteiger partial charge on any atom is -0.349 e. The molecule has 0 fully saturated rings. The third-order valence-corrected chi connectivity index (χ3v) is 3.43. The lowest BCUT2D eigenvalue weighted by atomic mass is 10.2. The second-order valence-electron chi connectivity index (χ2n) is 3.61. The molecule has 0 N–H and O–H groups in total. The summed E-state index contributed by atoms with van der Waals surface area (Å²) in [5.74, 6) is 0. The van der Waals surface area contributed by atoms with Crippen LogP contribution >= 0.6 is 22.6 Å². The Labute approximate surface area is 106 Å². The van der Waals surface area contributed by atoms with Crippen molar-refractivity contribution in [1.82, 2.24) is 19.6 Å². The number of fused-ring (bicyclic) bond motifs is 1. The molecule has 4 nitrogen and oxygen atoms in total. The van der Waals surface area contributed by atoms with Gasteiger partial charge in [-0.2, -0.15) is 15.0 Å². The fourth-order valence-electron chi connectivity index (χ4n) is 1.81. The standard InChI is InChI=1S/C11H9IN4/c1-15-7-10(12)9-6-8(2-3-11(9)15)16-13-4-5-14-16/h2-7H,1H3. The normalized spacial score (nSPS) is 11.1. The molecule has 0 bridgehead atoms. The fourth-order valence-corrected chi connectivity index (χ4v) is 2.66. The zero-order valence-corrected chi connectivity index (χ0v) is 10.8. The highest BCUT2D eigenvalue weighted by Crippen LogP contribution is 2.24. The number of halogens is 1. The minimum atomic E-state index is 0.988. The van der Waals surface area contributed by atoms with E-state index in [2.05, 4.69) is 62.7 Å². The number of rotatable bonds is 1. The van der Waals surface area contributed by atoms with Crippen LogP contribution in [0.4, 0.5) is 0 Å². The van der Waals surface area contributed by atoms with Gasteiger partial charge in [0.15, 0.2) is 0 Å². The highest BCUT2D eigenvalue weighted by Gasteiger charge is 2.06. The van der Waals surface area contributed by atoms with Crippen molar-refractivity contribution in [1.29, 1.82) is 0 Å². The molecule has 0 amide bonds. The average Bonchev–Trinajstić information content (AvgIpc) is 2.88. The van der Waals surface area contributed by atoms with Crippen LogP contribution in [0, 0.1) is 3.57 Å². The van der Waals surface area contributed by atoms with E-state index in [1.54, 1.807) is 17.2 Å². The van der Waals surface area contributed by atoms with Crippen LogP contribution in [-0.2, 0) is 7.05 Å². The SMILES string of the molecule is Cn1cc(I)c2cc(-n3nccn3)ccc21. The van der Waals surface area contributed by atoms with Crippen molar-refractivity contribution >= 4 is 33.5 Å². The molecule has 1 aromatic carbocycles. The van der Waals surface area contributed by atoms with Crippen LogP contribution in [0.5, 0.6) is 0 Å². The lowest BCUT2D eigenvalue weighted by Gasteiger charge is -2.01. The van der Waals surface area contributed by atoms with Crippen molar-refractivity contribution in [2.75, 3.05) is 0 Å². The van der Waals surface area contributed by atoms with E-state index < -0.39 is 0 Å². The van der Waals surface area contributed by atoms with E-state index in [-0.39, 0.29) is 0 Å². The van der Waals surface area contributed by atoms with Gasteiger partial charge in [0.2, 0.25) is 0 Å². The van der Waals surface area contributed by atoms with Gasteiger partial charge in [-0.05, 0) is 40.8 Å². The molecule has 2 heterocycles. The van der Waals surface area contributed by atoms with Gasteiger partial charge in [0.25, 0.3) is 0 Å². The fraction of sp³-hybridized carbons (Fsp3) is 0.0909. The summed E-state index contributed by atoms with van der Waals surface area (Å²) in [5, 5.41) is 9.49. The molecule has 0 radical (unpaired) electrons. The van der Waals surface area contributed by atoms with Crippen LogP contribution in [0.15, 0.2) is 36.8 Å². The maximum absolute atomic E-state index is 4.13. The van der Waals surface area contributed by atoms with Crippen molar-refractivity contribution < 1.29 is 0 Å². The number of hydrogen-bond acceptors (Lipinski definition) is 2. The molecule has 0 saturated carbocycles. The molecule has 0 aliphatic rings. The summed E-state index contributed by atoms with van der Waals surface area (Å²) in [7, 11) is 2.05. The zero-order valence-electron chi connectivity index (χ0n) is 8.63.